The van der Waals surface area contributed by atoms with Crippen molar-refractivity contribution < 1.29 is 9.13 Å². The standard InChI is InChI=1S/C55H60N2/c1-10-13-21-37-28-29-42-46(32-37)53(6,7)51-50(42)49-34-38-22-14-15-23-40(38)36-57(49)55(12-3,54(51,8)11-2)30-20-24-39-33-44-41-25-16-17-26-45(41)52(4,5)47(44)35-43(39)48-27-18-19-31-56(48)9/h14-20,22-23,25-36H,10-13,21,24H2,1-9H3/q+2. The zero-order chi connectivity index (χ0) is 39.9. The Bertz CT molecular complexity index is 2650. The summed E-state index contributed by atoms with van der Waals surface area (Å²) in [5, 5.41) is 2.60. The summed E-state index contributed by atoms with van der Waals surface area (Å²) in [6.45, 7) is 19.6. The number of fused-ring (bicyclic) bond motifs is 8. The molecule has 2 atom stereocenters. The normalized spacial score (nSPS) is 21.1. The van der Waals surface area contributed by atoms with E-state index in [1.54, 1.807) is 5.57 Å². The first-order chi connectivity index (χ1) is 27.4. The Morgan fingerprint density at radius 3 is 2.11 bits per heavy atom. The van der Waals surface area contributed by atoms with Crippen LogP contribution in [0.4, 0.5) is 0 Å². The second-order valence-corrected chi connectivity index (χ2v) is 18.5. The molecule has 0 spiro atoms. The van der Waals surface area contributed by atoms with Gasteiger partial charge in [0.1, 0.15) is 7.05 Å². The third-order valence-electron chi connectivity index (χ3n) is 14.8. The highest BCUT2D eigenvalue weighted by Crippen LogP contribution is 2.63. The summed E-state index contributed by atoms with van der Waals surface area (Å²) in [6.07, 6.45) is 16.3. The van der Waals surface area contributed by atoms with Crippen LogP contribution in [0, 0.1) is 5.41 Å². The lowest BCUT2D eigenvalue weighted by molar-refractivity contribution is -0.770. The predicted octanol–water partition coefficient (Wildman–Crippen LogP) is 12.7. The molecule has 2 aromatic heterocycles. The largest absolute Gasteiger partial charge is 0.214 e. The summed E-state index contributed by atoms with van der Waals surface area (Å²) >= 11 is 0. The zero-order valence-electron chi connectivity index (χ0n) is 35.8. The molecule has 3 aliphatic rings. The molecule has 6 aromatic rings. The van der Waals surface area contributed by atoms with Gasteiger partial charge in [0.05, 0.1) is 11.0 Å². The Balaban J connectivity index is 1.24. The van der Waals surface area contributed by atoms with Gasteiger partial charge in [-0.1, -0.05) is 122 Å². The molecule has 1 aliphatic heterocycles. The second-order valence-electron chi connectivity index (χ2n) is 18.5. The number of hydrogen-bond donors (Lipinski definition) is 0. The maximum Gasteiger partial charge on any atom is 0.214 e. The van der Waals surface area contributed by atoms with Gasteiger partial charge < -0.3 is 0 Å². The molecule has 0 fully saturated rings. The first-order valence-corrected chi connectivity index (χ1v) is 21.7. The van der Waals surface area contributed by atoms with Gasteiger partial charge >= 0.3 is 0 Å². The molecule has 9 rings (SSSR count). The SMILES string of the molecule is CCCCc1ccc2c(c1)C(C)(C)C1=C2c2cc3ccccc3c[n+]2C(C=CCc2cc3c(cc2-c2cccc[n+]2C)C(C)(C)c2ccccc2-3)(CC)C1(C)CC. The van der Waals surface area contributed by atoms with Crippen molar-refractivity contribution in [1.29, 1.82) is 0 Å². The topological polar surface area (TPSA) is 7.76 Å². The van der Waals surface area contributed by atoms with E-state index in [0.717, 1.165) is 25.7 Å². The number of rotatable bonds is 9. The van der Waals surface area contributed by atoms with Crippen molar-refractivity contribution in [1.82, 2.24) is 0 Å². The van der Waals surface area contributed by atoms with Gasteiger partial charge in [-0.25, -0.2) is 4.57 Å². The molecule has 0 amide bonds. The lowest BCUT2D eigenvalue weighted by Gasteiger charge is -2.50. The highest BCUT2D eigenvalue weighted by atomic mass is 15.1. The molecular formula is C55H60N2+2. The summed E-state index contributed by atoms with van der Waals surface area (Å²) in [5.74, 6) is 0. The molecule has 2 unspecified atom stereocenters. The van der Waals surface area contributed by atoms with Crippen molar-refractivity contribution in [2.24, 2.45) is 12.5 Å². The Labute approximate surface area is 341 Å². The first-order valence-electron chi connectivity index (χ1n) is 21.7. The molecule has 288 valence electrons. The van der Waals surface area contributed by atoms with Crippen molar-refractivity contribution in [3.63, 3.8) is 0 Å². The van der Waals surface area contributed by atoms with E-state index in [4.69, 9.17) is 0 Å². The Kier molecular flexibility index (Phi) is 8.89. The van der Waals surface area contributed by atoms with Crippen LogP contribution >= 0.6 is 0 Å². The fourth-order valence-corrected chi connectivity index (χ4v) is 11.7. The van der Waals surface area contributed by atoms with Gasteiger partial charge in [0, 0.05) is 46.4 Å². The van der Waals surface area contributed by atoms with Crippen molar-refractivity contribution in [3.05, 3.63) is 172 Å². The van der Waals surface area contributed by atoms with Crippen LogP contribution in [0.15, 0.2) is 133 Å². The van der Waals surface area contributed by atoms with E-state index in [-0.39, 0.29) is 21.8 Å². The minimum absolute atomic E-state index is 0.0588. The number of pyridine rings is 2. The molecule has 2 heteroatoms. The van der Waals surface area contributed by atoms with Crippen molar-refractivity contribution in [3.8, 4) is 22.4 Å². The van der Waals surface area contributed by atoms with Crippen LogP contribution in [0.1, 0.15) is 120 Å². The monoisotopic (exact) mass is 748 g/mol. The van der Waals surface area contributed by atoms with Crippen LogP contribution in [0.2, 0.25) is 0 Å². The van der Waals surface area contributed by atoms with E-state index in [1.807, 2.05) is 0 Å². The molecule has 4 aromatic carbocycles. The summed E-state index contributed by atoms with van der Waals surface area (Å²) in [4.78, 5) is 0. The van der Waals surface area contributed by atoms with Crippen molar-refractivity contribution in [2.75, 3.05) is 0 Å². The predicted molar refractivity (Wildman–Crippen MR) is 238 cm³/mol. The smallest absolute Gasteiger partial charge is 0.201 e. The summed E-state index contributed by atoms with van der Waals surface area (Å²) in [7, 11) is 2.18. The number of hydrogen-bond acceptors (Lipinski definition) is 0. The number of nitrogens with zero attached hydrogens (tertiary/aromatic N) is 2. The maximum atomic E-state index is 2.71. The number of aryl methyl sites for hydroxylation is 2. The molecule has 0 bridgehead atoms. The first kappa shape index (κ1) is 37.5. The molecule has 0 N–H and O–H groups in total. The number of benzene rings is 4. The van der Waals surface area contributed by atoms with Crippen LogP contribution in [0.3, 0.4) is 0 Å². The third-order valence-corrected chi connectivity index (χ3v) is 14.8. The minimum atomic E-state index is -0.285. The van der Waals surface area contributed by atoms with E-state index in [2.05, 4.69) is 199 Å². The van der Waals surface area contributed by atoms with E-state index < -0.39 is 0 Å². The number of unbranched alkanes of at least 4 members (excludes halogenated alkanes) is 1. The molecule has 57 heavy (non-hydrogen) atoms. The second kappa shape index (κ2) is 13.5. The molecule has 2 nitrogen and oxygen atoms in total. The highest BCUT2D eigenvalue weighted by Gasteiger charge is 2.64. The number of allylic oxidation sites excluding steroid dienone is 3. The van der Waals surface area contributed by atoms with Gasteiger partial charge in [-0.15, -0.1) is 0 Å². The molecule has 0 radical (unpaired) electrons. The van der Waals surface area contributed by atoms with E-state index in [0.29, 0.717) is 0 Å². The Morgan fingerprint density at radius 1 is 0.614 bits per heavy atom. The molecule has 0 saturated carbocycles. The van der Waals surface area contributed by atoms with Crippen LogP contribution in [0.5, 0.6) is 0 Å². The van der Waals surface area contributed by atoms with Gasteiger partial charge in [0.15, 0.2) is 17.9 Å². The average Bonchev–Trinajstić information content (AvgIpc) is 3.59. The van der Waals surface area contributed by atoms with Gasteiger partial charge in [-0.2, -0.15) is 4.57 Å². The Morgan fingerprint density at radius 2 is 1.35 bits per heavy atom. The molecule has 3 heterocycles. The van der Waals surface area contributed by atoms with Gasteiger partial charge in [-0.05, 0) is 118 Å². The van der Waals surface area contributed by atoms with Gasteiger partial charge in [0.2, 0.25) is 11.4 Å². The summed E-state index contributed by atoms with van der Waals surface area (Å²) in [6, 6.07) is 39.6. The van der Waals surface area contributed by atoms with E-state index >= 15 is 0 Å². The highest BCUT2D eigenvalue weighted by molar-refractivity contribution is 5.93. The fraction of sp³-hybridized carbons (Fsp3) is 0.345. The lowest BCUT2D eigenvalue weighted by Crippen LogP contribution is -2.68. The summed E-state index contributed by atoms with van der Waals surface area (Å²) < 4.78 is 5.00. The van der Waals surface area contributed by atoms with Gasteiger partial charge in [0.25, 0.3) is 0 Å². The third kappa shape index (κ3) is 5.35. The average molecular weight is 749 g/mol. The Hall–Kier alpha value is -5.08. The van der Waals surface area contributed by atoms with Gasteiger partial charge in [-0.3, -0.25) is 0 Å². The minimum Gasteiger partial charge on any atom is -0.201 e. The van der Waals surface area contributed by atoms with Crippen LogP contribution in [-0.2, 0) is 36.3 Å². The van der Waals surface area contributed by atoms with E-state index in [9.17, 15) is 0 Å². The van der Waals surface area contributed by atoms with Crippen LogP contribution in [-0.4, -0.2) is 0 Å². The summed E-state index contributed by atoms with van der Waals surface area (Å²) in [5.41, 5.74) is 17.8. The van der Waals surface area contributed by atoms with Crippen LogP contribution in [0.25, 0.3) is 38.7 Å². The van der Waals surface area contributed by atoms with Crippen LogP contribution < -0.4 is 9.13 Å². The molecule has 2 aliphatic carbocycles. The van der Waals surface area contributed by atoms with Crippen molar-refractivity contribution >= 4 is 16.3 Å². The zero-order valence-corrected chi connectivity index (χ0v) is 35.8. The molecular weight excluding hydrogens is 689 g/mol. The quantitative estimate of drug-likeness (QED) is 0.103. The maximum absolute atomic E-state index is 2.71. The lowest BCUT2D eigenvalue weighted by atomic mass is 9.55. The fourth-order valence-electron chi connectivity index (χ4n) is 11.7. The molecule has 0 saturated heterocycles. The van der Waals surface area contributed by atoms with Crippen molar-refractivity contribution in [2.45, 2.75) is 110 Å². The number of aromatic nitrogens is 2. The van der Waals surface area contributed by atoms with E-state index in [1.165, 1.54) is 90.6 Å².